The monoisotopic (exact) mass is 1160 g/mol. The first-order valence-corrected chi connectivity index (χ1v) is 37.2. The Morgan fingerprint density at radius 3 is 0.866 bits per heavy atom. The number of unbranched alkanes of at least 4 members (excludes halogenated alkanes) is 57. The van der Waals surface area contributed by atoms with Crippen LogP contribution in [0, 0.1) is 0 Å². The molecule has 82 heavy (non-hydrogen) atoms. The van der Waals surface area contributed by atoms with Crippen LogP contribution in [0.5, 0.6) is 0 Å². The second-order valence-electron chi connectivity index (χ2n) is 26.5. The number of amides is 1. The Labute approximate surface area is 510 Å². The van der Waals surface area contributed by atoms with Crippen molar-refractivity contribution in [3.63, 3.8) is 0 Å². The first-order chi connectivity index (χ1) is 40.3. The molecule has 1 amide bonds. The number of ether oxygens (including phenoxy) is 2. The second-order valence-corrected chi connectivity index (χ2v) is 26.5. The van der Waals surface area contributed by atoms with Crippen LogP contribution in [0.2, 0.25) is 0 Å². The summed E-state index contributed by atoms with van der Waals surface area (Å²) >= 11 is 0. The number of aliphatic hydroxyl groups is 5. The SMILES string of the molecule is CCCCCCCCCCCCCCCCCCCCCCCCCCCCCCCCCCCCCCCCCCCC(=O)NC(COC1OC(CO)C(O)C(O)C1O)C(O)CCCCCCCCCCCCCCCCCCCC. The Hall–Kier alpha value is -0.810. The Morgan fingerprint density at radius 2 is 0.610 bits per heavy atom. The van der Waals surface area contributed by atoms with Crippen LogP contribution in [-0.4, -0.2) is 87.5 Å². The molecule has 1 fully saturated rings. The molecule has 1 rings (SSSR count). The minimum absolute atomic E-state index is 0.131. The lowest BCUT2D eigenvalue weighted by Crippen LogP contribution is -2.60. The van der Waals surface area contributed by atoms with Crippen molar-refractivity contribution in [2.24, 2.45) is 0 Å². The molecule has 0 aromatic rings. The van der Waals surface area contributed by atoms with Crippen LogP contribution in [0.25, 0.3) is 0 Å². The molecule has 9 heteroatoms. The van der Waals surface area contributed by atoms with Gasteiger partial charge in [0, 0.05) is 6.42 Å². The van der Waals surface area contributed by atoms with Crippen LogP contribution in [-0.2, 0) is 14.3 Å². The van der Waals surface area contributed by atoms with Gasteiger partial charge >= 0.3 is 0 Å². The molecule has 0 saturated carbocycles. The van der Waals surface area contributed by atoms with Crippen molar-refractivity contribution in [1.82, 2.24) is 5.32 Å². The predicted molar refractivity (Wildman–Crippen MR) is 351 cm³/mol. The van der Waals surface area contributed by atoms with Crippen LogP contribution in [0.1, 0.15) is 406 Å². The average Bonchev–Trinajstić information content (AvgIpc) is 3.57. The summed E-state index contributed by atoms with van der Waals surface area (Å²) in [5.74, 6) is -0.133. The zero-order valence-corrected chi connectivity index (χ0v) is 55.0. The second kappa shape index (κ2) is 63.2. The van der Waals surface area contributed by atoms with Crippen molar-refractivity contribution in [3.05, 3.63) is 0 Å². The maximum Gasteiger partial charge on any atom is 0.220 e. The zero-order chi connectivity index (χ0) is 59.3. The number of carbonyl (C=O) groups excluding carboxylic acids is 1. The lowest BCUT2D eigenvalue weighted by Gasteiger charge is -2.40. The third-order valence-electron chi connectivity index (χ3n) is 18.5. The van der Waals surface area contributed by atoms with E-state index in [9.17, 15) is 30.3 Å². The fourth-order valence-corrected chi connectivity index (χ4v) is 12.6. The van der Waals surface area contributed by atoms with E-state index in [1.807, 2.05) is 0 Å². The van der Waals surface area contributed by atoms with E-state index in [1.165, 1.54) is 340 Å². The van der Waals surface area contributed by atoms with Crippen molar-refractivity contribution >= 4 is 5.91 Å². The minimum atomic E-state index is -1.55. The van der Waals surface area contributed by atoms with Gasteiger partial charge in [-0.3, -0.25) is 4.79 Å². The Morgan fingerprint density at radius 1 is 0.366 bits per heavy atom. The normalized spacial score (nSPS) is 18.2. The molecule has 6 N–H and O–H groups in total. The van der Waals surface area contributed by atoms with Crippen LogP contribution >= 0.6 is 0 Å². The van der Waals surface area contributed by atoms with E-state index in [1.54, 1.807) is 0 Å². The van der Waals surface area contributed by atoms with Gasteiger partial charge in [-0.2, -0.15) is 0 Å². The summed E-state index contributed by atoms with van der Waals surface area (Å²) in [6.45, 7) is 3.90. The molecule has 9 nitrogen and oxygen atoms in total. The molecule has 7 unspecified atom stereocenters. The van der Waals surface area contributed by atoms with Crippen LogP contribution < -0.4 is 5.32 Å². The number of hydrogen-bond acceptors (Lipinski definition) is 8. The predicted octanol–water partition coefficient (Wildman–Crippen LogP) is 20.5. The quantitative estimate of drug-likeness (QED) is 0.0330. The van der Waals surface area contributed by atoms with Gasteiger partial charge in [0.15, 0.2) is 6.29 Å². The van der Waals surface area contributed by atoms with E-state index >= 15 is 0 Å². The lowest BCUT2D eigenvalue weighted by atomic mass is 9.99. The number of carbonyl (C=O) groups is 1. The van der Waals surface area contributed by atoms with Gasteiger partial charge in [0.25, 0.3) is 0 Å². The standard InChI is InChI=1S/C73H145NO8/c1-3-5-7-9-11-13-15-17-19-21-23-24-25-26-27-28-29-30-31-32-33-34-35-36-37-38-39-40-41-42-43-44-45-47-49-51-53-55-57-59-61-63-69(77)74-66(65-81-73-72(80)71(79)70(78)68(64-75)82-73)67(76)62-60-58-56-54-52-50-48-46-22-20-18-16-14-12-10-8-6-4-2/h66-68,70-73,75-76,78-80H,3-65H2,1-2H3,(H,74,77). The molecule has 7 atom stereocenters. The van der Waals surface area contributed by atoms with Crippen LogP contribution in [0.4, 0.5) is 0 Å². The molecule has 0 bridgehead atoms. The smallest absolute Gasteiger partial charge is 0.220 e. The van der Waals surface area contributed by atoms with E-state index in [-0.39, 0.29) is 12.5 Å². The molecule has 0 aliphatic carbocycles. The first-order valence-electron chi connectivity index (χ1n) is 37.2. The van der Waals surface area contributed by atoms with Crippen molar-refractivity contribution in [2.45, 2.75) is 448 Å². The third-order valence-corrected chi connectivity index (χ3v) is 18.5. The Bertz CT molecular complexity index is 1260. The topological polar surface area (TPSA) is 149 Å². The zero-order valence-electron chi connectivity index (χ0n) is 55.0. The van der Waals surface area contributed by atoms with Crippen molar-refractivity contribution in [1.29, 1.82) is 0 Å². The third kappa shape index (κ3) is 51.3. The molecule has 0 spiro atoms. The highest BCUT2D eigenvalue weighted by Crippen LogP contribution is 2.24. The highest BCUT2D eigenvalue weighted by atomic mass is 16.7. The van der Waals surface area contributed by atoms with Crippen molar-refractivity contribution in [2.75, 3.05) is 13.2 Å². The molecule has 0 aromatic carbocycles. The highest BCUT2D eigenvalue weighted by Gasteiger charge is 2.44. The summed E-state index contributed by atoms with van der Waals surface area (Å²) in [6, 6.07) is -0.715. The number of aliphatic hydroxyl groups excluding tert-OH is 5. The molecule has 0 aromatic heterocycles. The van der Waals surface area contributed by atoms with Gasteiger partial charge in [0.1, 0.15) is 24.4 Å². The first kappa shape index (κ1) is 79.2. The fourth-order valence-electron chi connectivity index (χ4n) is 12.6. The average molecular weight is 1160 g/mol. The molecule has 1 saturated heterocycles. The summed E-state index contributed by atoms with van der Waals surface area (Å²) in [5.41, 5.74) is 0. The van der Waals surface area contributed by atoms with Gasteiger partial charge in [-0.1, -0.05) is 386 Å². The van der Waals surface area contributed by atoms with E-state index in [0.29, 0.717) is 12.8 Å². The van der Waals surface area contributed by atoms with Gasteiger partial charge in [0.05, 0.1) is 25.4 Å². The summed E-state index contributed by atoms with van der Waals surface area (Å²) in [7, 11) is 0. The maximum absolute atomic E-state index is 13.1. The van der Waals surface area contributed by atoms with E-state index in [4.69, 9.17) is 9.47 Å². The molecule has 0 radical (unpaired) electrons. The summed E-state index contributed by atoms with van der Waals surface area (Å²) < 4.78 is 11.4. The fraction of sp³-hybridized carbons (Fsp3) is 0.986. The minimum Gasteiger partial charge on any atom is -0.394 e. The number of nitrogens with one attached hydrogen (secondary N) is 1. The van der Waals surface area contributed by atoms with Crippen LogP contribution in [0.15, 0.2) is 0 Å². The largest absolute Gasteiger partial charge is 0.394 e. The van der Waals surface area contributed by atoms with Crippen molar-refractivity contribution in [3.8, 4) is 0 Å². The van der Waals surface area contributed by atoms with Gasteiger partial charge in [-0.15, -0.1) is 0 Å². The van der Waals surface area contributed by atoms with Gasteiger partial charge < -0.3 is 40.3 Å². The molecular formula is C73H145NO8. The molecule has 490 valence electrons. The number of hydrogen-bond donors (Lipinski definition) is 6. The van der Waals surface area contributed by atoms with Gasteiger partial charge in [0.2, 0.25) is 5.91 Å². The van der Waals surface area contributed by atoms with E-state index in [2.05, 4.69) is 19.2 Å². The molecular weight excluding hydrogens is 1020 g/mol. The molecule has 1 aliphatic heterocycles. The summed E-state index contributed by atoms with van der Waals surface area (Å²) in [6.07, 6.45) is 73.6. The summed E-state index contributed by atoms with van der Waals surface area (Å²) in [5, 5.41) is 54.9. The Kier molecular flexibility index (Phi) is 61.1. The summed E-state index contributed by atoms with van der Waals surface area (Å²) in [4.78, 5) is 13.1. The highest BCUT2D eigenvalue weighted by molar-refractivity contribution is 5.76. The van der Waals surface area contributed by atoms with Gasteiger partial charge in [-0.25, -0.2) is 0 Å². The van der Waals surface area contributed by atoms with Crippen LogP contribution in [0.3, 0.4) is 0 Å². The van der Waals surface area contributed by atoms with E-state index in [0.717, 1.165) is 38.5 Å². The number of rotatable bonds is 67. The maximum atomic E-state index is 13.1. The molecule has 1 aliphatic rings. The van der Waals surface area contributed by atoms with Gasteiger partial charge in [-0.05, 0) is 12.8 Å². The Balaban J connectivity index is 1.99. The van der Waals surface area contributed by atoms with E-state index < -0.39 is 49.5 Å². The lowest BCUT2D eigenvalue weighted by molar-refractivity contribution is -0.302. The molecule has 1 heterocycles. The van der Waals surface area contributed by atoms with Crippen molar-refractivity contribution < 1.29 is 39.8 Å².